The summed E-state index contributed by atoms with van der Waals surface area (Å²) in [6.07, 6.45) is 0.281. The predicted octanol–water partition coefficient (Wildman–Crippen LogP) is 1.33. The number of fused-ring (bicyclic) bond motifs is 1. The number of phenolic OH excluding ortho intramolecular Hbond substituents is 2. The molecule has 0 aliphatic carbocycles. The lowest BCUT2D eigenvalue weighted by Crippen LogP contribution is -2.02. The SMILES string of the molecule is Cc1cc(=O)c2c(O)c(C=O)c(O)cc2o1. The van der Waals surface area contributed by atoms with Gasteiger partial charge in [-0.25, -0.2) is 0 Å². The summed E-state index contributed by atoms with van der Waals surface area (Å²) >= 11 is 0. The quantitative estimate of drug-likeness (QED) is 0.707. The summed E-state index contributed by atoms with van der Waals surface area (Å²) in [5.41, 5.74) is -0.728. The van der Waals surface area contributed by atoms with Gasteiger partial charge in [-0.05, 0) is 6.92 Å². The average Bonchev–Trinajstić information content (AvgIpc) is 2.15. The second-order valence-electron chi connectivity index (χ2n) is 3.37. The van der Waals surface area contributed by atoms with E-state index in [0.717, 1.165) is 6.07 Å². The number of aryl methyl sites for hydroxylation is 1. The van der Waals surface area contributed by atoms with Crippen molar-refractivity contribution < 1.29 is 19.4 Å². The minimum Gasteiger partial charge on any atom is -0.507 e. The highest BCUT2D eigenvalue weighted by atomic mass is 16.3. The number of hydrogen-bond acceptors (Lipinski definition) is 5. The van der Waals surface area contributed by atoms with Crippen molar-refractivity contribution in [1.82, 2.24) is 0 Å². The summed E-state index contributed by atoms with van der Waals surface area (Å²) in [5, 5.41) is 19.0. The Kier molecular flexibility index (Phi) is 2.16. The molecule has 1 aromatic heterocycles. The van der Waals surface area contributed by atoms with Crippen LogP contribution >= 0.6 is 0 Å². The van der Waals surface area contributed by atoms with Gasteiger partial charge < -0.3 is 14.6 Å². The van der Waals surface area contributed by atoms with Gasteiger partial charge in [-0.3, -0.25) is 9.59 Å². The van der Waals surface area contributed by atoms with Crippen LogP contribution in [0.3, 0.4) is 0 Å². The van der Waals surface area contributed by atoms with Crippen LogP contribution in [0.25, 0.3) is 11.0 Å². The number of aromatic hydroxyl groups is 2. The van der Waals surface area contributed by atoms with Gasteiger partial charge in [0.1, 0.15) is 28.2 Å². The van der Waals surface area contributed by atoms with E-state index in [1.807, 2.05) is 0 Å². The van der Waals surface area contributed by atoms with Crippen LogP contribution < -0.4 is 5.43 Å². The average molecular weight is 220 g/mol. The lowest BCUT2D eigenvalue weighted by atomic mass is 10.1. The monoisotopic (exact) mass is 220 g/mol. The number of benzene rings is 1. The van der Waals surface area contributed by atoms with E-state index < -0.39 is 16.9 Å². The first-order chi connectivity index (χ1) is 7.54. The number of hydrogen-bond donors (Lipinski definition) is 2. The summed E-state index contributed by atoms with van der Waals surface area (Å²) in [6.45, 7) is 1.57. The molecule has 0 saturated heterocycles. The van der Waals surface area contributed by atoms with Gasteiger partial charge in [0, 0.05) is 12.1 Å². The molecule has 1 heterocycles. The van der Waals surface area contributed by atoms with E-state index >= 15 is 0 Å². The van der Waals surface area contributed by atoms with E-state index in [9.17, 15) is 19.8 Å². The van der Waals surface area contributed by atoms with E-state index in [4.69, 9.17) is 4.42 Å². The maximum absolute atomic E-state index is 11.6. The standard InChI is InChI=1S/C11H8O5/c1-5-2-8(14)10-9(16-5)3-7(13)6(4-12)11(10)15/h2-4,13,15H,1H3. The Morgan fingerprint density at radius 1 is 1.31 bits per heavy atom. The largest absolute Gasteiger partial charge is 0.507 e. The number of carbonyl (C=O) groups is 1. The van der Waals surface area contributed by atoms with Crippen LogP contribution in [-0.4, -0.2) is 16.5 Å². The van der Waals surface area contributed by atoms with Gasteiger partial charge in [-0.1, -0.05) is 0 Å². The molecule has 82 valence electrons. The van der Waals surface area contributed by atoms with E-state index in [-0.39, 0.29) is 22.8 Å². The van der Waals surface area contributed by atoms with Crippen LogP contribution in [0.5, 0.6) is 11.5 Å². The molecule has 0 aliphatic rings. The molecule has 0 amide bonds. The van der Waals surface area contributed by atoms with Gasteiger partial charge >= 0.3 is 0 Å². The fourth-order valence-corrected chi connectivity index (χ4v) is 1.54. The zero-order valence-corrected chi connectivity index (χ0v) is 8.35. The van der Waals surface area contributed by atoms with Crippen molar-refractivity contribution in [3.05, 3.63) is 33.7 Å². The summed E-state index contributed by atoms with van der Waals surface area (Å²) in [5.74, 6) is -0.623. The second-order valence-corrected chi connectivity index (χ2v) is 3.37. The third kappa shape index (κ3) is 1.33. The summed E-state index contributed by atoms with van der Waals surface area (Å²) < 4.78 is 5.17. The van der Waals surface area contributed by atoms with Crippen LogP contribution in [-0.2, 0) is 0 Å². The summed E-state index contributed by atoms with van der Waals surface area (Å²) in [7, 11) is 0. The molecule has 0 spiro atoms. The zero-order chi connectivity index (χ0) is 11.9. The maximum atomic E-state index is 11.6. The molecule has 5 nitrogen and oxygen atoms in total. The minimum absolute atomic E-state index is 0.0469. The van der Waals surface area contributed by atoms with E-state index in [0.29, 0.717) is 5.76 Å². The van der Waals surface area contributed by atoms with Crippen LogP contribution in [0.15, 0.2) is 21.3 Å². The molecule has 2 N–H and O–H groups in total. The van der Waals surface area contributed by atoms with Crippen molar-refractivity contribution in [2.75, 3.05) is 0 Å². The van der Waals surface area contributed by atoms with Crippen molar-refractivity contribution in [1.29, 1.82) is 0 Å². The molecule has 5 heteroatoms. The Morgan fingerprint density at radius 3 is 2.62 bits per heavy atom. The molecule has 0 atom stereocenters. The Bertz CT molecular complexity index is 639. The maximum Gasteiger partial charge on any atom is 0.196 e. The zero-order valence-electron chi connectivity index (χ0n) is 8.35. The molecule has 0 unspecified atom stereocenters. The van der Waals surface area contributed by atoms with Gasteiger partial charge in [0.15, 0.2) is 11.7 Å². The second kappa shape index (κ2) is 3.37. The smallest absolute Gasteiger partial charge is 0.196 e. The molecule has 0 fully saturated rings. The molecule has 0 bridgehead atoms. The molecule has 0 radical (unpaired) electrons. The van der Waals surface area contributed by atoms with E-state index in [1.165, 1.54) is 6.07 Å². The van der Waals surface area contributed by atoms with Crippen molar-refractivity contribution in [2.24, 2.45) is 0 Å². The van der Waals surface area contributed by atoms with Crippen LogP contribution in [0.2, 0.25) is 0 Å². The Labute approximate surface area is 89.6 Å². The predicted molar refractivity (Wildman–Crippen MR) is 55.9 cm³/mol. The van der Waals surface area contributed by atoms with Crippen molar-refractivity contribution in [2.45, 2.75) is 6.92 Å². The Hall–Kier alpha value is -2.30. The fourth-order valence-electron chi connectivity index (χ4n) is 1.54. The number of phenols is 2. The highest BCUT2D eigenvalue weighted by molar-refractivity contribution is 5.96. The highest BCUT2D eigenvalue weighted by Crippen LogP contribution is 2.32. The van der Waals surface area contributed by atoms with Crippen molar-refractivity contribution in [3.63, 3.8) is 0 Å². The molecule has 16 heavy (non-hydrogen) atoms. The van der Waals surface area contributed by atoms with Gasteiger partial charge in [0.25, 0.3) is 0 Å². The molecule has 0 saturated carbocycles. The molecule has 0 aliphatic heterocycles. The van der Waals surface area contributed by atoms with Crippen LogP contribution in [0, 0.1) is 6.92 Å². The topological polar surface area (TPSA) is 87.7 Å². The number of rotatable bonds is 1. The van der Waals surface area contributed by atoms with E-state index in [1.54, 1.807) is 6.92 Å². The first kappa shape index (κ1) is 10.2. The summed E-state index contributed by atoms with van der Waals surface area (Å²) in [6, 6.07) is 2.33. The van der Waals surface area contributed by atoms with Gasteiger partial charge in [0.2, 0.25) is 0 Å². The van der Waals surface area contributed by atoms with Crippen molar-refractivity contribution in [3.8, 4) is 11.5 Å². The third-order valence-electron chi connectivity index (χ3n) is 2.25. The lowest BCUT2D eigenvalue weighted by Gasteiger charge is -2.05. The third-order valence-corrected chi connectivity index (χ3v) is 2.25. The normalized spacial score (nSPS) is 10.6. The van der Waals surface area contributed by atoms with Crippen molar-refractivity contribution >= 4 is 17.3 Å². The lowest BCUT2D eigenvalue weighted by molar-refractivity contribution is 0.111. The first-order valence-electron chi connectivity index (χ1n) is 4.49. The molecule has 2 aromatic rings. The molecule has 1 aromatic carbocycles. The van der Waals surface area contributed by atoms with Gasteiger partial charge in [-0.2, -0.15) is 0 Å². The fraction of sp³-hybridized carbons (Fsp3) is 0.0909. The van der Waals surface area contributed by atoms with Crippen LogP contribution in [0.4, 0.5) is 0 Å². The minimum atomic E-state index is -0.557. The number of carbonyl (C=O) groups excluding carboxylic acids is 1. The highest BCUT2D eigenvalue weighted by Gasteiger charge is 2.15. The summed E-state index contributed by atoms with van der Waals surface area (Å²) in [4.78, 5) is 22.2. The molecule has 2 rings (SSSR count). The Balaban J connectivity index is 3.05. The van der Waals surface area contributed by atoms with Gasteiger partial charge in [0.05, 0.1) is 5.56 Å². The molecular formula is C11H8O5. The van der Waals surface area contributed by atoms with Gasteiger partial charge in [-0.15, -0.1) is 0 Å². The Morgan fingerprint density at radius 2 is 2.00 bits per heavy atom. The van der Waals surface area contributed by atoms with Crippen LogP contribution in [0.1, 0.15) is 16.1 Å². The molecular weight excluding hydrogens is 212 g/mol. The van der Waals surface area contributed by atoms with E-state index in [2.05, 4.69) is 0 Å². The first-order valence-corrected chi connectivity index (χ1v) is 4.49. The number of aldehydes is 1.